The molecule has 0 bridgehead atoms. The highest BCUT2D eigenvalue weighted by molar-refractivity contribution is 7.89. The highest BCUT2D eigenvalue weighted by Crippen LogP contribution is 2.15. The van der Waals surface area contributed by atoms with Crippen LogP contribution in [0, 0.1) is 6.92 Å². The average molecular weight is 366 g/mol. The molecule has 0 saturated carbocycles. The van der Waals surface area contributed by atoms with Crippen LogP contribution in [-0.4, -0.2) is 69.7 Å². The van der Waals surface area contributed by atoms with E-state index in [9.17, 15) is 13.2 Å². The molecule has 0 aromatic carbocycles. The van der Waals surface area contributed by atoms with E-state index < -0.39 is 10.0 Å². The summed E-state index contributed by atoms with van der Waals surface area (Å²) in [4.78, 5) is 17.9. The van der Waals surface area contributed by atoms with Crippen molar-refractivity contribution in [2.75, 3.05) is 32.7 Å². The molecule has 0 aliphatic carbocycles. The van der Waals surface area contributed by atoms with Gasteiger partial charge in [0.2, 0.25) is 0 Å². The molecule has 0 radical (unpaired) electrons. The Hall–Kier alpha value is -2.04. The van der Waals surface area contributed by atoms with E-state index in [1.165, 1.54) is 27.6 Å². The Morgan fingerprint density at radius 2 is 1.84 bits per heavy atom. The molecule has 0 N–H and O–H groups in total. The summed E-state index contributed by atoms with van der Waals surface area (Å²) < 4.78 is 29.6. The molecular weight excluding hydrogens is 344 g/mol. The van der Waals surface area contributed by atoms with Gasteiger partial charge >= 0.3 is 0 Å². The fourth-order valence-electron chi connectivity index (χ4n) is 2.80. The van der Waals surface area contributed by atoms with Crippen LogP contribution in [0.15, 0.2) is 34.5 Å². The maximum atomic E-state index is 12.5. The van der Waals surface area contributed by atoms with Gasteiger partial charge in [-0.3, -0.25) is 9.69 Å². The van der Waals surface area contributed by atoms with E-state index >= 15 is 0 Å². The van der Waals surface area contributed by atoms with Gasteiger partial charge in [-0.2, -0.15) is 9.40 Å². The second kappa shape index (κ2) is 7.06. The number of hydrogen-bond donors (Lipinski definition) is 0. The van der Waals surface area contributed by atoms with Gasteiger partial charge < -0.3 is 4.57 Å². The minimum Gasteiger partial charge on any atom is -0.339 e. The first kappa shape index (κ1) is 17.8. The number of rotatable bonds is 5. The van der Waals surface area contributed by atoms with E-state index in [2.05, 4.69) is 15.0 Å². The minimum atomic E-state index is -3.54. The number of sulfonamides is 1. The number of aromatic nitrogens is 4. The second-order valence-electron chi connectivity index (χ2n) is 6.16. The summed E-state index contributed by atoms with van der Waals surface area (Å²) in [5.74, 6) is 0. The Bertz CT molecular complexity index is 896. The molecule has 0 atom stereocenters. The van der Waals surface area contributed by atoms with Crippen molar-refractivity contribution in [1.82, 2.24) is 28.5 Å². The van der Waals surface area contributed by atoms with Crippen molar-refractivity contribution < 1.29 is 8.42 Å². The smallest absolute Gasteiger partial charge is 0.266 e. The average Bonchev–Trinajstić information content (AvgIpc) is 3.03. The lowest BCUT2D eigenvalue weighted by molar-refractivity contribution is 0.180. The normalized spacial score (nSPS) is 17.0. The van der Waals surface area contributed by atoms with E-state index in [0.717, 1.165) is 5.69 Å². The highest BCUT2D eigenvalue weighted by atomic mass is 32.2. The maximum Gasteiger partial charge on any atom is 0.266 e. The summed E-state index contributed by atoms with van der Waals surface area (Å²) in [6.07, 6.45) is 2.99. The van der Waals surface area contributed by atoms with E-state index in [0.29, 0.717) is 39.3 Å². The standard InChI is InChI=1S/C15H22N6O3S/c1-13-3-4-15(22)21(17-13)10-7-19-5-8-20(9-6-19)25(23,24)14-11-18(2)12-16-14/h3-4,11-12H,5-10H2,1-2H3. The molecule has 2 aromatic rings. The lowest BCUT2D eigenvalue weighted by Gasteiger charge is -2.33. The van der Waals surface area contributed by atoms with Crippen molar-refractivity contribution in [3.63, 3.8) is 0 Å². The van der Waals surface area contributed by atoms with E-state index in [1.54, 1.807) is 17.7 Å². The van der Waals surface area contributed by atoms with Crippen LogP contribution in [0.25, 0.3) is 0 Å². The molecule has 0 spiro atoms. The zero-order chi connectivity index (χ0) is 18.0. The van der Waals surface area contributed by atoms with E-state index in [4.69, 9.17) is 0 Å². The quantitative estimate of drug-likeness (QED) is 0.694. The molecule has 1 aliphatic rings. The zero-order valence-electron chi connectivity index (χ0n) is 14.4. The third kappa shape index (κ3) is 3.97. The zero-order valence-corrected chi connectivity index (χ0v) is 15.2. The molecule has 9 nitrogen and oxygen atoms in total. The van der Waals surface area contributed by atoms with Gasteiger partial charge in [-0.05, 0) is 13.0 Å². The molecule has 136 valence electrons. The topological polar surface area (TPSA) is 93.3 Å². The van der Waals surface area contributed by atoms with E-state index in [-0.39, 0.29) is 10.6 Å². The van der Waals surface area contributed by atoms with Crippen LogP contribution in [0.1, 0.15) is 5.69 Å². The molecule has 1 saturated heterocycles. The minimum absolute atomic E-state index is 0.0824. The highest BCUT2D eigenvalue weighted by Gasteiger charge is 2.29. The second-order valence-corrected chi connectivity index (χ2v) is 8.04. The van der Waals surface area contributed by atoms with Crippen molar-refractivity contribution in [1.29, 1.82) is 0 Å². The number of piperazine rings is 1. The van der Waals surface area contributed by atoms with Gasteiger partial charge in [-0.1, -0.05) is 0 Å². The van der Waals surface area contributed by atoms with Crippen LogP contribution in [0.2, 0.25) is 0 Å². The lowest BCUT2D eigenvalue weighted by Crippen LogP contribution is -2.49. The Labute approximate surface area is 146 Å². The Kier molecular flexibility index (Phi) is 5.02. The molecule has 10 heteroatoms. The third-order valence-corrected chi connectivity index (χ3v) is 6.03. The molecular formula is C15H22N6O3S. The predicted octanol–water partition coefficient (Wildman–Crippen LogP) is -0.708. The summed E-state index contributed by atoms with van der Waals surface area (Å²) >= 11 is 0. The summed E-state index contributed by atoms with van der Waals surface area (Å²) in [6.45, 7) is 5.06. The number of nitrogens with zero attached hydrogens (tertiary/aromatic N) is 6. The molecule has 1 fully saturated rings. The molecule has 0 unspecified atom stereocenters. The van der Waals surface area contributed by atoms with Crippen molar-refractivity contribution in [2.45, 2.75) is 18.5 Å². The van der Waals surface area contributed by atoms with Gasteiger partial charge in [0.15, 0.2) is 5.03 Å². The van der Waals surface area contributed by atoms with Gasteiger partial charge in [0.05, 0.1) is 18.6 Å². The first-order chi connectivity index (χ1) is 11.9. The summed E-state index contributed by atoms with van der Waals surface area (Å²) in [7, 11) is -1.80. The SMILES string of the molecule is Cc1ccc(=O)n(CCN2CCN(S(=O)(=O)c3cn(C)cn3)CC2)n1. The van der Waals surface area contributed by atoms with Gasteiger partial charge in [0.25, 0.3) is 15.6 Å². The third-order valence-electron chi connectivity index (χ3n) is 4.24. The predicted molar refractivity (Wildman–Crippen MR) is 91.6 cm³/mol. The Balaban J connectivity index is 1.57. The fraction of sp³-hybridized carbons (Fsp3) is 0.533. The summed E-state index contributed by atoms with van der Waals surface area (Å²) in [5.41, 5.74) is 0.674. The number of aryl methyl sites for hydroxylation is 2. The molecule has 3 rings (SSSR count). The summed E-state index contributed by atoms with van der Waals surface area (Å²) in [5, 5.41) is 4.30. The van der Waals surface area contributed by atoms with Crippen molar-refractivity contribution in [3.05, 3.63) is 40.7 Å². The largest absolute Gasteiger partial charge is 0.339 e. The van der Waals surface area contributed by atoms with Gasteiger partial charge in [0, 0.05) is 52.0 Å². The van der Waals surface area contributed by atoms with Crippen molar-refractivity contribution in [2.24, 2.45) is 7.05 Å². The van der Waals surface area contributed by atoms with Crippen molar-refractivity contribution >= 4 is 10.0 Å². The molecule has 0 amide bonds. The van der Waals surface area contributed by atoms with Crippen LogP contribution in [0.5, 0.6) is 0 Å². The van der Waals surface area contributed by atoms with Crippen LogP contribution in [0.3, 0.4) is 0 Å². The van der Waals surface area contributed by atoms with Crippen LogP contribution in [0.4, 0.5) is 0 Å². The molecule has 3 heterocycles. The van der Waals surface area contributed by atoms with Crippen LogP contribution in [-0.2, 0) is 23.6 Å². The fourth-order valence-corrected chi connectivity index (χ4v) is 4.18. The Morgan fingerprint density at radius 3 is 2.48 bits per heavy atom. The lowest BCUT2D eigenvalue weighted by atomic mass is 10.3. The molecule has 2 aromatic heterocycles. The first-order valence-corrected chi connectivity index (χ1v) is 9.55. The van der Waals surface area contributed by atoms with E-state index in [1.807, 2.05) is 6.92 Å². The van der Waals surface area contributed by atoms with Crippen molar-refractivity contribution in [3.8, 4) is 0 Å². The maximum absolute atomic E-state index is 12.5. The number of hydrogen-bond acceptors (Lipinski definition) is 6. The monoisotopic (exact) mass is 366 g/mol. The number of imidazole rings is 1. The van der Waals surface area contributed by atoms with Gasteiger partial charge in [-0.25, -0.2) is 18.1 Å². The molecule has 1 aliphatic heterocycles. The van der Waals surface area contributed by atoms with Crippen LogP contribution >= 0.6 is 0 Å². The van der Waals surface area contributed by atoms with Gasteiger partial charge in [0.1, 0.15) is 0 Å². The Morgan fingerprint density at radius 1 is 1.12 bits per heavy atom. The molecule has 25 heavy (non-hydrogen) atoms. The van der Waals surface area contributed by atoms with Crippen LogP contribution < -0.4 is 5.56 Å². The first-order valence-electron chi connectivity index (χ1n) is 8.11. The summed E-state index contributed by atoms with van der Waals surface area (Å²) in [6, 6.07) is 3.21. The van der Waals surface area contributed by atoms with Gasteiger partial charge in [-0.15, -0.1) is 0 Å².